The smallest absolute Gasteiger partial charge is 0.264 e. The summed E-state index contributed by atoms with van der Waals surface area (Å²) in [6, 6.07) is 5.02. The maximum Gasteiger partial charge on any atom is 0.264 e. The number of nitrogens with zero attached hydrogens (tertiary/aromatic N) is 5. The maximum absolute atomic E-state index is 15.0. The minimum Gasteiger partial charge on any atom is -0.317 e. The molecule has 1 aromatic carbocycles. The number of nitrogens with one attached hydrogen (secondary N) is 1. The second kappa shape index (κ2) is 6.73. The van der Waals surface area contributed by atoms with Crippen molar-refractivity contribution < 1.29 is 4.39 Å². The molecule has 8 heteroatoms. The molecule has 1 aliphatic heterocycles. The molecule has 148 valence electrons. The molecule has 7 nitrogen and oxygen atoms in total. The van der Waals surface area contributed by atoms with Crippen molar-refractivity contribution in [2.75, 3.05) is 13.1 Å². The fourth-order valence-electron chi connectivity index (χ4n) is 4.09. The van der Waals surface area contributed by atoms with Crippen LogP contribution in [-0.2, 0) is 0 Å². The van der Waals surface area contributed by atoms with Crippen LogP contribution in [-0.4, -0.2) is 37.2 Å². The minimum absolute atomic E-state index is 0.0334. The Hall–Kier alpha value is -3.13. The Kier molecular flexibility index (Phi) is 4.16. The highest BCUT2D eigenvalue weighted by Gasteiger charge is 2.20. The van der Waals surface area contributed by atoms with Crippen LogP contribution in [0.5, 0.6) is 0 Å². The van der Waals surface area contributed by atoms with Crippen LogP contribution in [0.2, 0.25) is 0 Å². The lowest BCUT2D eigenvalue weighted by Crippen LogP contribution is -2.34. The van der Waals surface area contributed by atoms with E-state index in [1.807, 2.05) is 26.1 Å². The monoisotopic (exact) mass is 392 g/mol. The van der Waals surface area contributed by atoms with E-state index in [-0.39, 0.29) is 17.0 Å². The third-order valence-electron chi connectivity index (χ3n) is 5.57. The molecular formula is C21H21FN6O. The van der Waals surface area contributed by atoms with E-state index in [4.69, 9.17) is 0 Å². The van der Waals surface area contributed by atoms with Crippen LogP contribution in [0, 0.1) is 19.7 Å². The van der Waals surface area contributed by atoms with Gasteiger partial charge in [-0.3, -0.25) is 9.36 Å². The molecule has 29 heavy (non-hydrogen) atoms. The Morgan fingerprint density at radius 1 is 1.17 bits per heavy atom. The zero-order valence-electron chi connectivity index (χ0n) is 16.3. The minimum atomic E-state index is -0.570. The molecule has 0 bridgehead atoms. The van der Waals surface area contributed by atoms with Crippen molar-refractivity contribution in [3.8, 4) is 11.3 Å². The first kappa shape index (κ1) is 17.9. The Labute approximate surface area is 166 Å². The Balaban J connectivity index is 1.64. The van der Waals surface area contributed by atoms with Gasteiger partial charge >= 0.3 is 0 Å². The predicted octanol–water partition coefficient (Wildman–Crippen LogP) is 2.79. The summed E-state index contributed by atoms with van der Waals surface area (Å²) in [4.78, 5) is 21.8. The number of aromatic nitrogens is 5. The fourth-order valence-corrected chi connectivity index (χ4v) is 4.09. The highest BCUT2D eigenvalue weighted by molar-refractivity contribution is 5.83. The van der Waals surface area contributed by atoms with E-state index in [0.29, 0.717) is 16.8 Å². The first-order valence-electron chi connectivity index (χ1n) is 9.76. The second-order valence-electron chi connectivity index (χ2n) is 7.65. The SMILES string of the molecule is Cc1cn2nc(-c3cc(F)c4c(=O)n(C5CCNCC5)cnc4c3)cc(C)c2n1. The maximum atomic E-state index is 15.0. The lowest BCUT2D eigenvalue weighted by Gasteiger charge is -2.24. The average Bonchev–Trinajstić information content (AvgIpc) is 3.09. The van der Waals surface area contributed by atoms with E-state index < -0.39 is 5.82 Å². The van der Waals surface area contributed by atoms with E-state index >= 15 is 4.39 Å². The van der Waals surface area contributed by atoms with Gasteiger partial charge in [-0.1, -0.05) is 0 Å². The molecule has 1 fully saturated rings. The predicted molar refractivity (Wildman–Crippen MR) is 109 cm³/mol. The van der Waals surface area contributed by atoms with E-state index in [9.17, 15) is 4.79 Å². The van der Waals surface area contributed by atoms with Gasteiger partial charge in [-0.2, -0.15) is 5.10 Å². The van der Waals surface area contributed by atoms with Crippen molar-refractivity contribution in [3.05, 3.63) is 58.2 Å². The standard InChI is InChI=1S/C21H21FN6O/c1-12-7-17(26-28-10-13(2)25-20(12)28)14-8-16(22)19-18(9-14)24-11-27(21(19)29)15-3-5-23-6-4-15/h7-11,15,23H,3-6H2,1-2H3. The number of imidazole rings is 1. The number of benzene rings is 1. The molecule has 4 aromatic rings. The Bertz CT molecular complexity index is 1300. The Morgan fingerprint density at radius 3 is 2.76 bits per heavy atom. The highest BCUT2D eigenvalue weighted by atomic mass is 19.1. The average molecular weight is 392 g/mol. The van der Waals surface area contributed by atoms with Gasteiger partial charge in [-0.25, -0.2) is 18.9 Å². The molecular weight excluding hydrogens is 371 g/mol. The van der Waals surface area contributed by atoms with Gasteiger partial charge in [0.15, 0.2) is 5.65 Å². The van der Waals surface area contributed by atoms with Gasteiger partial charge in [0.05, 0.1) is 29.4 Å². The van der Waals surface area contributed by atoms with Crippen LogP contribution in [0.4, 0.5) is 4.39 Å². The number of halogens is 1. The first-order chi connectivity index (χ1) is 14.0. The summed E-state index contributed by atoms with van der Waals surface area (Å²) in [6.45, 7) is 5.54. The summed E-state index contributed by atoms with van der Waals surface area (Å²) in [7, 11) is 0. The van der Waals surface area contributed by atoms with E-state index in [2.05, 4.69) is 20.4 Å². The van der Waals surface area contributed by atoms with Gasteiger partial charge in [0.25, 0.3) is 5.56 Å². The third kappa shape index (κ3) is 3.00. The van der Waals surface area contributed by atoms with Crippen LogP contribution in [0.3, 0.4) is 0 Å². The molecule has 1 saturated heterocycles. The summed E-state index contributed by atoms with van der Waals surface area (Å²) in [6.07, 6.45) is 5.05. The zero-order valence-corrected chi connectivity index (χ0v) is 16.3. The van der Waals surface area contributed by atoms with Crippen LogP contribution in [0.15, 0.2) is 35.5 Å². The van der Waals surface area contributed by atoms with Crippen LogP contribution in [0.25, 0.3) is 27.8 Å². The van der Waals surface area contributed by atoms with Crippen LogP contribution >= 0.6 is 0 Å². The molecule has 4 heterocycles. The molecule has 0 amide bonds. The number of hydrogen-bond acceptors (Lipinski definition) is 5. The molecule has 5 rings (SSSR count). The van der Waals surface area contributed by atoms with Crippen molar-refractivity contribution in [2.24, 2.45) is 0 Å². The Morgan fingerprint density at radius 2 is 1.97 bits per heavy atom. The summed E-state index contributed by atoms with van der Waals surface area (Å²) < 4.78 is 18.3. The number of fused-ring (bicyclic) bond motifs is 2. The molecule has 0 saturated carbocycles. The van der Waals surface area contributed by atoms with E-state index in [1.54, 1.807) is 21.5 Å². The summed E-state index contributed by atoms with van der Waals surface area (Å²) >= 11 is 0. The first-order valence-corrected chi connectivity index (χ1v) is 9.76. The lowest BCUT2D eigenvalue weighted by molar-refractivity contribution is 0.359. The summed E-state index contributed by atoms with van der Waals surface area (Å²) in [5.41, 5.74) is 3.79. The van der Waals surface area contributed by atoms with Crippen molar-refractivity contribution in [3.63, 3.8) is 0 Å². The number of rotatable bonds is 2. The molecule has 3 aromatic heterocycles. The summed E-state index contributed by atoms with van der Waals surface area (Å²) in [5, 5.41) is 7.86. The number of hydrogen-bond donors (Lipinski definition) is 1. The molecule has 0 radical (unpaired) electrons. The van der Waals surface area contributed by atoms with Crippen molar-refractivity contribution in [1.82, 2.24) is 29.5 Å². The van der Waals surface area contributed by atoms with Gasteiger partial charge in [0.2, 0.25) is 0 Å². The topological polar surface area (TPSA) is 77.1 Å². The summed E-state index contributed by atoms with van der Waals surface area (Å²) in [5.74, 6) is -0.570. The molecule has 0 atom stereocenters. The molecule has 0 unspecified atom stereocenters. The van der Waals surface area contributed by atoms with Gasteiger partial charge in [-0.15, -0.1) is 0 Å². The molecule has 1 N–H and O–H groups in total. The van der Waals surface area contributed by atoms with Gasteiger partial charge in [0, 0.05) is 11.6 Å². The lowest BCUT2D eigenvalue weighted by atomic mass is 10.1. The van der Waals surface area contributed by atoms with Gasteiger partial charge in [-0.05, 0) is 63.5 Å². The van der Waals surface area contributed by atoms with Gasteiger partial charge < -0.3 is 5.32 Å². The largest absolute Gasteiger partial charge is 0.317 e. The second-order valence-corrected chi connectivity index (χ2v) is 7.65. The number of aryl methyl sites for hydroxylation is 2. The zero-order chi connectivity index (χ0) is 20.1. The van der Waals surface area contributed by atoms with Crippen LogP contribution in [0.1, 0.15) is 30.1 Å². The fraction of sp³-hybridized carbons (Fsp3) is 0.333. The van der Waals surface area contributed by atoms with E-state index in [0.717, 1.165) is 42.8 Å². The van der Waals surface area contributed by atoms with Crippen LogP contribution < -0.4 is 10.9 Å². The molecule has 1 aliphatic rings. The quantitative estimate of drug-likeness (QED) is 0.568. The van der Waals surface area contributed by atoms with Crippen molar-refractivity contribution >= 4 is 16.6 Å². The van der Waals surface area contributed by atoms with E-state index in [1.165, 1.54) is 6.07 Å². The van der Waals surface area contributed by atoms with Crippen molar-refractivity contribution in [1.29, 1.82) is 0 Å². The highest BCUT2D eigenvalue weighted by Crippen LogP contribution is 2.26. The third-order valence-corrected chi connectivity index (χ3v) is 5.57. The van der Waals surface area contributed by atoms with Gasteiger partial charge in [0.1, 0.15) is 11.2 Å². The molecule has 0 aliphatic carbocycles. The van der Waals surface area contributed by atoms with Crippen molar-refractivity contribution in [2.45, 2.75) is 32.7 Å². The normalized spacial score (nSPS) is 15.4. The molecule has 0 spiro atoms. The number of piperidine rings is 1.